The van der Waals surface area contributed by atoms with Gasteiger partial charge in [-0.2, -0.15) is 0 Å². The molecule has 0 heterocycles. The van der Waals surface area contributed by atoms with Crippen LogP contribution in [0.1, 0.15) is 20.8 Å². The van der Waals surface area contributed by atoms with Crippen LogP contribution in [0.2, 0.25) is 18.1 Å². The molecule has 87 valence electrons. The Morgan fingerprint density at radius 2 is 1.69 bits per heavy atom. The van der Waals surface area contributed by atoms with Crippen molar-refractivity contribution in [1.82, 2.24) is 0 Å². The van der Waals surface area contributed by atoms with Crippen LogP contribution in [-0.2, 0) is 4.43 Å². The fourth-order valence-corrected chi connectivity index (χ4v) is 2.08. The zero-order chi connectivity index (χ0) is 12.2. The minimum Gasteiger partial charge on any atom is -0.425 e. The summed E-state index contributed by atoms with van der Waals surface area (Å²) in [6.45, 7) is 12.1. The SMILES string of the molecule is CC(C)(C)[Si](C)(C)OC[B]c1ccccc1. The third-order valence-corrected chi connectivity index (χ3v) is 7.87. The molecule has 1 aromatic rings. The number of benzene rings is 1. The van der Waals surface area contributed by atoms with E-state index in [1.54, 1.807) is 0 Å². The highest BCUT2D eigenvalue weighted by molar-refractivity contribution is 6.74. The first-order valence-corrected chi connectivity index (χ1v) is 8.76. The van der Waals surface area contributed by atoms with Crippen LogP contribution in [0.3, 0.4) is 0 Å². The maximum atomic E-state index is 6.08. The molecular formula is C13H22BOSi. The molecule has 3 heteroatoms. The molecule has 0 fully saturated rings. The normalized spacial score (nSPS) is 12.6. The summed E-state index contributed by atoms with van der Waals surface area (Å²) in [6.07, 6.45) is 0. The van der Waals surface area contributed by atoms with E-state index in [0.29, 0.717) is 0 Å². The molecule has 1 aromatic carbocycles. The average Bonchev–Trinajstić information content (AvgIpc) is 2.17. The van der Waals surface area contributed by atoms with Crippen LogP contribution in [-0.4, -0.2) is 22.1 Å². The predicted octanol–water partition coefficient (Wildman–Crippen LogP) is 3.00. The largest absolute Gasteiger partial charge is 0.425 e. The van der Waals surface area contributed by atoms with E-state index >= 15 is 0 Å². The van der Waals surface area contributed by atoms with Crippen molar-refractivity contribution in [2.24, 2.45) is 0 Å². The van der Waals surface area contributed by atoms with Gasteiger partial charge >= 0.3 is 0 Å². The van der Waals surface area contributed by atoms with Gasteiger partial charge in [-0.3, -0.25) is 0 Å². The Labute approximate surface area is 102 Å². The summed E-state index contributed by atoms with van der Waals surface area (Å²) in [6, 6.07) is 10.4. The van der Waals surface area contributed by atoms with Crippen LogP contribution >= 0.6 is 0 Å². The minimum absolute atomic E-state index is 0.289. The summed E-state index contributed by atoms with van der Waals surface area (Å²) >= 11 is 0. The molecule has 0 atom stereocenters. The summed E-state index contributed by atoms with van der Waals surface area (Å²) in [7, 11) is 0.563. The van der Waals surface area contributed by atoms with Gasteiger partial charge in [0.05, 0.1) is 0 Å². The van der Waals surface area contributed by atoms with Gasteiger partial charge in [0.1, 0.15) is 0 Å². The monoisotopic (exact) mass is 233 g/mol. The number of hydrogen-bond donors (Lipinski definition) is 0. The van der Waals surface area contributed by atoms with Crippen LogP contribution in [0.15, 0.2) is 30.3 Å². The Kier molecular flexibility index (Phi) is 4.39. The first kappa shape index (κ1) is 13.5. The van der Waals surface area contributed by atoms with Gasteiger partial charge < -0.3 is 4.43 Å². The van der Waals surface area contributed by atoms with Crippen molar-refractivity contribution in [2.75, 3.05) is 6.51 Å². The third-order valence-electron chi connectivity index (χ3n) is 3.37. The van der Waals surface area contributed by atoms with Crippen LogP contribution in [0.25, 0.3) is 0 Å². The van der Waals surface area contributed by atoms with Crippen molar-refractivity contribution in [2.45, 2.75) is 38.9 Å². The number of hydrogen-bond acceptors (Lipinski definition) is 1. The standard InChI is InChI=1S/C13H22BOSi/c1-13(2,3)16(4,5)15-11-14-12-9-7-6-8-10-12/h6-10H,11H2,1-5H3. The Bertz CT molecular complexity index is 316. The lowest BCUT2D eigenvalue weighted by atomic mass is 9.72. The highest BCUT2D eigenvalue weighted by Crippen LogP contribution is 2.36. The van der Waals surface area contributed by atoms with E-state index in [1.807, 2.05) is 6.07 Å². The van der Waals surface area contributed by atoms with Crippen molar-refractivity contribution in [3.8, 4) is 0 Å². The third kappa shape index (κ3) is 3.80. The van der Waals surface area contributed by atoms with Gasteiger partial charge in [0, 0.05) is 6.51 Å². The quantitative estimate of drug-likeness (QED) is 0.726. The summed E-state index contributed by atoms with van der Waals surface area (Å²) in [5.41, 5.74) is 1.24. The van der Waals surface area contributed by atoms with E-state index in [9.17, 15) is 0 Å². The van der Waals surface area contributed by atoms with Crippen molar-refractivity contribution < 1.29 is 4.43 Å². The molecular weight excluding hydrogens is 211 g/mol. The fraction of sp³-hybridized carbons (Fsp3) is 0.538. The first-order valence-electron chi connectivity index (χ1n) is 5.85. The van der Waals surface area contributed by atoms with Crippen molar-refractivity contribution >= 4 is 21.1 Å². The van der Waals surface area contributed by atoms with E-state index in [2.05, 4.69) is 65.4 Å². The number of rotatable bonds is 4. The summed E-state index contributed by atoms with van der Waals surface area (Å²) < 4.78 is 6.08. The molecule has 0 unspecified atom stereocenters. The van der Waals surface area contributed by atoms with E-state index < -0.39 is 8.32 Å². The van der Waals surface area contributed by atoms with Gasteiger partial charge in [-0.25, -0.2) is 0 Å². The molecule has 0 spiro atoms. The zero-order valence-corrected chi connectivity index (χ0v) is 12.1. The molecule has 1 radical (unpaired) electrons. The average molecular weight is 233 g/mol. The maximum absolute atomic E-state index is 6.08. The minimum atomic E-state index is -1.59. The lowest BCUT2D eigenvalue weighted by molar-refractivity contribution is 0.348. The van der Waals surface area contributed by atoms with E-state index in [0.717, 1.165) is 6.51 Å². The van der Waals surface area contributed by atoms with Gasteiger partial charge in [-0.15, -0.1) is 0 Å². The highest BCUT2D eigenvalue weighted by atomic mass is 28.4. The molecule has 1 nitrogen and oxygen atoms in total. The molecule has 0 amide bonds. The fourth-order valence-electron chi connectivity index (χ4n) is 1.15. The van der Waals surface area contributed by atoms with Crippen molar-refractivity contribution in [3.05, 3.63) is 30.3 Å². The van der Waals surface area contributed by atoms with Crippen LogP contribution in [0, 0.1) is 0 Å². The van der Waals surface area contributed by atoms with Crippen LogP contribution < -0.4 is 5.46 Å². The highest BCUT2D eigenvalue weighted by Gasteiger charge is 2.36. The summed E-state index contributed by atoms with van der Waals surface area (Å²) in [4.78, 5) is 0. The van der Waals surface area contributed by atoms with Gasteiger partial charge in [0.2, 0.25) is 0 Å². The zero-order valence-electron chi connectivity index (χ0n) is 11.1. The molecule has 0 aromatic heterocycles. The summed E-state index contributed by atoms with van der Waals surface area (Å²) in [5.74, 6) is 0. The molecule has 0 aliphatic rings. The molecule has 0 saturated heterocycles. The van der Waals surface area contributed by atoms with E-state index in [4.69, 9.17) is 4.43 Å². The molecule has 0 bridgehead atoms. The van der Waals surface area contributed by atoms with Gasteiger partial charge in [0.15, 0.2) is 15.6 Å². The molecule has 16 heavy (non-hydrogen) atoms. The first-order chi connectivity index (χ1) is 7.33. The Balaban J connectivity index is 2.42. The van der Waals surface area contributed by atoms with E-state index in [1.165, 1.54) is 5.46 Å². The van der Waals surface area contributed by atoms with Crippen LogP contribution in [0.4, 0.5) is 0 Å². The van der Waals surface area contributed by atoms with Crippen LogP contribution in [0.5, 0.6) is 0 Å². The molecule has 0 aliphatic heterocycles. The second-order valence-corrected chi connectivity index (χ2v) is 10.5. The second kappa shape index (κ2) is 5.19. The Morgan fingerprint density at radius 3 is 2.19 bits per heavy atom. The second-order valence-electron chi connectivity index (χ2n) is 5.69. The van der Waals surface area contributed by atoms with Gasteiger partial charge in [0.25, 0.3) is 0 Å². The summed E-state index contributed by atoms with van der Waals surface area (Å²) in [5, 5.41) is 0.289. The van der Waals surface area contributed by atoms with Crippen molar-refractivity contribution in [1.29, 1.82) is 0 Å². The lowest BCUT2D eigenvalue weighted by Crippen LogP contribution is -2.42. The van der Waals surface area contributed by atoms with E-state index in [-0.39, 0.29) is 5.04 Å². The Morgan fingerprint density at radius 1 is 1.12 bits per heavy atom. The van der Waals surface area contributed by atoms with Crippen molar-refractivity contribution in [3.63, 3.8) is 0 Å². The predicted molar refractivity (Wildman–Crippen MR) is 75.0 cm³/mol. The van der Waals surface area contributed by atoms with Gasteiger partial charge in [-0.1, -0.05) is 56.6 Å². The lowest BCUT2D eigenvalue weighted by Gasteiger charge is -2.36. The Hall–Kier alpha value is -0.538. The van der Waals surface area contributed by atoms with Gasteiger partial charge in [-0.05, 0) is 18.1 Å². The molecule has 0 aliphatic carbocycles. The molecule has 0 N–H and O–H groups in total. The topological polar surface area (TPSA) is 9.23 Å². The molecule has 1 rings (SSSR count). The smallest absolute Gasteiger partial charge is 0.190 e. The maximum Gasteiger partial charge on any atom is 0.190 e. The molecule has 0 saturated carbocycles.